The average Bonchev–Trinajstić information content (AvgIpc) is 2.88. The highest BCUT2D eigenvalue weighted by Gasteiger charge is 2.20. The van der Waals surface area contributed by atoms with Crippen LogP contribution in [0.5, 0.6) is 0 Å². The molecule has 0 bridgehead atoms. The van der Waals surface area contributed by atoms with Gasteiger partial charge in [0, 0.05) is 49.9 Å². The molecule has 1 aliphatic rings. The summed E-state index contributed by atoms with van der Waals surface area (Å²) in [6, 6.07) is 3.58. The largest absolute Gasteiger partial charge is 0.375 e. The summed E-state index contributed by atoms with van der Waals surface area (Å²) in [5.74, 6) is -0.783. The molecule has 2 heterocycles. The number of aromatic nitrogens is 1. The highest BCUT2D eigenvalue weighted by Crippen LogP contribution is 2.23. The molecular weight excluding hydrogens is 294 g/mol. The molecule has 7 heteroatoms. The highest BCUT2D eigenvalue weighted by molar-refractivity contribution is 7.15. The van der Waals surface area contributed by atoms with Crippen LogP contribution in [0.1, 0.15) is 4.88 Å². The molecule has 0 amide bonds. The molecule has 1 aromatic carbocycles. The third-order valence-electron chi connectivity index (χ3n) is 3.57. The molecule has 0 radical (unpaired) electrons. The number of halogens is 2. The molecule has 1 fully saturated rings. The van der Waals surface area contributed by atoms with Crippen molar-refractivity contribution in [3.05, 3.63) is 40.9 Å². The Morgan fingerprint density at radius 3 is 2.62 bits per heavy atom. The second kappa shape index (κ2) is 5.95. The Morgan fingerprint density at radius 2 is 1.95 bits per heavy atom. The van der Waals surface area contributed by atoms with Crippen LogP contribution in [0.3, 0.4) is 0 Å². The molecule has 0 spiro atoms. The van der Waals surface area contributed by atoms with Crippen LogP contribution in [-0.2, 0) is 6.54 Å². The summed E-state index contributed by atoms with van der Waals surface area (Å²) in [6.07, 6.45) is 1.79. The molecular formula is C14H16F2N4S. The molecule has 0 atom stereocenters. The van der Waals surface area contributed by atoms with E-state index in [9.17, 15) is 8.78 Å². The quantitative estimate of drug-likeness (QED) is 0.945. The fraction of sp³-hybridized carbons (Fsp3) is 0.357. The number of piperazine rings is 1. The number of nitrogen functional groups attached to an aromatic ring is 1. The third-order valence-corrected chi connectivity index (χ3v) is 4.38. The van der Waals surface area contributed by atoms with Gasteiger partial charge < -0.3 is 10.6 Å². The average molecular weight is 310 g/mol. The summed E-state index contributed by atoms with van der Waals surface area (Å²) in [7, 11) is 0. The Kier molecular flexibility index (Phi) is 4.03. The van der Waals surface area contributed by atoms with Gasteiger partial charge in [0.2, 0.25) is 0 Å². The van der Waals surface area contributed by atoms with Crippen molar-refractivity contribution < 1.29 is 8.78 Å². The molecule has 0 aliphatic carbocycles. The monoisotopic (exact) mass is 310 g/mol. The Bertz CT molecular complexity index is 623. The van der Waals surface area contributed by atoms with Crippen molar-refractivity contribution in [2.24, 2.45) is 0 Å². The van der Waals surface area contributed by atoms with Crippen molar-refractivity contribution in [3.8, 4) is 0 Å². The van der Waals surface area contributed by atoms with Gasteiger partial charge in [-0.3, -0.25) is 4.90 Å². The van der Waals surface area contributed by atoms with Gasteiger partial charge in [-0.1, -0.05) is 0 Å². The molecule has 0 saturated carbocycles. The number of thiazole rings is 1. The molecule has 112 valence electrons. The summed E-state index contributed by atoms with van der Waals surface area (Å²) < 4.78 is 27.0. The van der Waals surface area contributed by atoms with E-state index in [1.807, 2.05) is 4.90 Å². The maximum atomic E-state index is 13.8. The van der Waals surface area contributed by atoms with E-state index in [2.05, 4.69) is 9.88 Å². The predicted octanol–water partition coefficient (Wildman–Crippen LogP) is 2.33. The van der Waals surface area contributed by atoms with Crippen LogP contribution in [0.25, 0.3) is 0 Å². The lowest BCUT2D eigenvalue weighted by atomic mass is 10.2. The van der Waals surface area contributed by atoms with E-state index in [1.54, 1.807) is 6.20 Å². The predicted molar refractivity (Wildman–Crippen MR) is 80.4 cm³/mol. The summed E-state index contributed by atoms with van der Waals surface area (Å²) in [5.41, 5.74) is 5.96. The van der Waals surface area contributed by atoms with Crippen molar-refractivity contribution in [1.29, 1.82) is 0 Å². The molecule has 2 aromatic rings. The topological polar surface area (TPSA) is 45.4 Å². The van der Waals surface area contributed by atoms with Gasteiger partial charge in [0.15, 0.2) is 5.13 Å². The fourth-order valence-corrected chi connectivity index (χ4v) is 3.22. The molecule has 2 N–H and O–H groups in total. The van der Waals surface area contributed by atoms with Crippen molar-refractivity contribution in [3.63, 3.8) is 0 Å². The minimum atomic E-state index is -0.408. The molecule has 1 saturated heterocycles. The van der Waals surface area contributed by atoms with E-state index >= 15 is 0 Å². The van der Waals surface area contributed by atoms with E-state index < -0.39 is 5.82 Å². The molecule has 21 heavy (non-hydrogen) atoms. The van der Waals surface area contributed by atoms with E-state index in [4.69, 9.17) is 5.73 Å². The first-order valence-corrected chi connectivity index (χ1v) is 7.56. The number of benzene rings is 1. The van der Waals surface area contributed by atoms with Gasteiger partial charge in [0.25, 0.3) is 0 Å². The van der Waals surface area contributed by atoms with Gasteiger partial charge in [-0.15, -0.1) is 11.3 Å². The van der Waals surface area contributed by atoms with E-state index in [0.29, 0.717) is 23.9 Å². The SMILES string of the molecule is Nc1ncc(CN2CCN(c3cc(F)ccc3F)CC2)s1. The van der Waals surface area contributed by atoms with Crippen LogP contribution in [0.15, 0.2) is 24.4 Å². The lowest BCUT2D eigenvalue weighted by Crippen LogP contribution is -2.46. The van der Waals surface area contributed by atoms with Gasteiger partial charge in [-0.25, -0.2) is 13.8 Å². The van der Waals surface area contributed by atoms with Crippen molar-refractivity contribution in [2.45, 2.75) is 6.54 Å². The lowest BCUT2D eigenvalue weighted by Gasteiger charge is -2.35. The Hall–Kier alpha value is -1.73. The Labute approximate surface area is 125 Å². The molecule has 3 rings (SSSR count). The van der Waals surface area contributed by atoms with E-state index in [0.717, 1.165) is 30.6 Å². The number of nitrogens with zero attached hydrogens (tertiary/aromatic N) is 3. The zero-order chi connectivity index (χ0) is 14.8. The Balaban J connectivity index is 1.61. The molecule has 4 nitrogen and oxygen atoms in total. The smallest absolute Gasteiger partial charge is 0.180 e. The van der Waals surface area contributed by atoms with Gasteiger partial charge in [-0.05, 0) is 12.1 Å². The summed E-state index contributed by atoms with van der Waals surface area (Å²) in [6.45, 7) is 3.75. The first kappa shape index (κ1) is 14.2. The van der Waals surface area contributed by atoms with Gasteiger partial charge in [0.05, 0.1) is 5.69 Å². The van der Waals surface area contributed by atoms with Crippen LogP contribution in [0.2, 0.25) is 0 Å². The van der Waals surface area contributed by atoms with Crippen molar-refractivity contribution >= 4 is 22.2 Å². The van der Waals surface area contributed by atoms with E-state index in [1.165, 1.54) is 23.5 Å². The van der Waals surface area contributed by atoms with Crippen LogP contribution in [0, 0.1) is 11.6 Å². The maximum absolute atomic E-state index is 13.8. The van der Waals surface area contributed by atoms with Crippen molar-refractivity contribution in [1.82, 2.24) is 9.88 Å². The van der Waals surface area contributed by atoms with Gasteiger partial charge >= 0.3 is 0 Å². The standard InChI is InChI=1S/C14H16F2N4S/c15-10-1-2-12(16)13(7-10)20-5-3-19(4-6-20)9-11-8-18-14(17)21-11/h1-2,7-8H,3-6,9H2,(H2,17,18). The Morgan fingerprint density at radius 1 is 1.19 bits per heavy atom. The minimum absolute atomic E-state index is 0.344. The lowest BCUT2D eigenvalue weighted by molar-refractivity contribution is 0.251. The summed E-state index contributed by atoms with van der Waals surface area (Å²) in [5, 5.41) is 0.575. The first-order chi connectivity index (χ1) is 10.1. The summed E-state index contributed by atoms with van der Waals surface area (Å²) in [4.78, 5) is 9.31. The zero-order valence-electron chi connectivity index (χ0n) is 11.4. The molecule has 1 aliphatic heterocycles. The number of hydrogen-bond donors (Lipinski definition) is 1. The maximum Gasteiger partial charge on any atom is 0.180 e. The van der Waals surface area contributed by atoms with Crippen molar-refractivity contribution in [2.75, 3.05) is 36.8 Å². The number of rotatable bonds is 3. The van der Waals surface area contributed by atoms with Crippen LogP contribution in [-0.4, -0.2) is 36.1 Å². The van der Waals surface area contributed by atoms with Crippen LogP contribution in [0.4, 0.5) is 19.6 Å². The normalized spacial score (nSPS) is 16.4. The summed E-state index contributed by atoms with van der Waals surface area (Å²) >= 11 is 1.48. The zero-order valence-corrected chi connectivity index (χ0v) is 12.2. The molecule has 1 aromatic heterocycles. The van der Waals surface area contributed by atoms with Crippen LogP contribution < -0.4 is 10.6 Å². The second-order valence-electron chi connectivity index (χ2n) is 5.02. The third kappa shape index (κ3) is 3.30. The minimum Gasteiger partial charge on any atom is -0.375 e. The van der Waals surface area contributed by atoms with Gasteiger partial charge in [-0.2, -0.15) is 0 Å². The first-order valence-electron chi connectivity index (χ1n) is 6.74. The van der Waals surface area contributed by atoms with Gasteiger partial charge in [0.1, 0.15) is 11.6 Å². The number of nitrogens with two attached hydrogens (primary N) is 1. The highest BCUT2D eigenvalue weighted by atomic mass is 32.1. The number of hydrogen-bond acceptors (Lipinski definition) is 5. The fourth-order valence-electron chi connectivity index (χ4n) is 2.49. The second-order valence-corrected chi connectivity index (χ2v) is 6.17. The van der Waals surface area contributed by atoms with E-state index in [-0.39, 0.29) is 5.82 Å². The van der Waals surface area contributed by atoms with Crippen LogP contribution >= 0.6 is 11.3 Å². The molecule has 0 unspecified atom stereocenters. The number of anilines is 2.